The first-order chi connectivity index (χ1) is 17.9. The first kappa shape index (κ1) is 25.7. The van der Waals surface area contributed by atoms with Crippen LogP contribution in [-0.2, 0) is 4.79 Å². The molecule has 0 radical (unpaired) electrons. The Kier molecular flexibility index (Phi) is 8.02. The summed E-state index contributed by atoms with van der Waals surface area (Å²) in [6, 6.07) is 26.0. The van der Waals surface area contributed by atoms with Crippen LogP contribution in [0.25, 0.3) is 17.3 Å². The number of carbonyl (C=O) groups excluding carboxylic acids is 1. The number of benzene rings is 3. The first-order valence-electron chi connectivity index (χ1n) is 12.0. The van der Waals surface area contributed by atoms with E-state index in [-0.39, 0.29) is 15.8 Å². The van der Waals surface area contributed by atoms with Gasteiger partial charge in [-0.05, 0) is 54.8 Å². The molecule has 186 valence electrons. The molecule has 1 heterocycles. The van der Waals surface area contributed by atoms with Crippen molar-refractivity contribution in [1.29, 1.82) is 5.26 Å². The number of anilines is 1. The van der Waals surface area contributed by atoms with Crippen molar-refractivity contribution in [2.24, 2.45) is 0 Å². The number of nitrogens with one attached hydrogen (secondary N) is 1. The number of aromatic nitrogens is 1. The van der Waals surface area contributed by atoms with E-state index in [1.54, 1.807) is 30.3 Å². The Hall–Kier alpha value is -4.41. The zero-order valence-corrected chi connectivity index (χ0v) is 21.7. The van der Waals surface area contributed by atoms with Crippen LogP contribution in [0.1, 0.15) is 37.8 Å². The Morgan fingerprint density at radius 2 is 1.73 bits per heavy atom. The van der Waals surface area contributed by atoms with Crippen molar-refractivity contribution in [2.45, 2.75) is 26.7 Å². The van der Waals surface area contributed by atoms with E-state index in [1.807, 2.05) is 67.6 Å². The van der Waals surface area contributed by atoms with Crippen LogP contribution in [0.4, 0.5) is 5.69 Å². The molecule has 4 rings (SSSR count). The molecule has 0 aliphatic heterocycles. The number of amides is 1. The van der Waals surface area contributed by atoms with Gasteiger partial charge in [0.2, 0.25) is 0 Å². The minimum atomic E-state index is -0.577. The van der Waals surface area contributed by atoms with Crippen LogP contribution in [0.3, 0.4) is 0 Å². The number of hydrogen-bond acceptors (Lipinski definition) is 5. The van der Waals surface area contributed by atoms with E-state index in [0.717, 1.165) is 22.5 Å². The van der Waals surface area contributed by atoms with Crippen LogP contribution in [0, 0.1) is 11.3 Å². The Morgan fingerprint density at radius 3 is 2.38 bits per heavy atom. The highest BCUT2D eigenvalue weighted by molar-refractivity contribution is 7.07. The topological polar surface area (TPSA) is 84.1 Å². The Bertz CT molecular complexity index is 1630. The molecule has 4 aromatic rings. The van der Waals surface area contributed by atoms with Crippen molar-refractivity contribution in [3.8, 4) is 17.5 Å². The van der Waals surface area contributed by atoms with E-state index < -0.39 is 5.91 Å². The molecule has 0 saturated carbocycles. The van der Waals surface area contributed by atoms with Gasteiger partial charge in [-0.2, -0.15) is 5.26 Å². The third-order valence-corrected chi connectivity index (χ3v) is 6.82. The molecule has 0 aliphatic rings. The summed E-state index contributed by atoms with van der Waals surface area (Å²) in [6.45, 7) is 6.57. The van der Waals surface area contributed by atoms with E-state index >= 15 is 0 Å². The highest BCUT2D eigenvalue weighted by Crippen LogP contribution is 2.19. The number of hydrogen-bond donors (Lipinski definition) is 1. The van der Waals surface area contributed by atoms with Gasteiger partial charge in [0.1, 0.15) is 16.5 Å². The van der Waals surface area contributed by atoms with Gasteiger partial charge in [0, 0.05) is 11.3 Å². The molecule has 0 aliphatic carbocycles. The number of carbonyl (C=O) groups is 1. The predicted octanol–water partition coefficient (Wildman–Crippen LogP) is 4.56. The van der Waals surface area contributed by atoms with Gasteiger partial charge in [-0.25, -0.2) is 0 Å². The fourth-order valence-electron chi connectivity index (χ4n) is 3.83. The van der Waals surface area contributed by atoms with Gasteiger partial charge in [-0.1, -0.05) is 62.4 Å². The van der Waals surface area contributed by atoms with Crippen molar-refractivity contribution in [1.82, 2.24) is 4.57 Å². The normalized spacial score (nSPS) is 12.2. The lowest BCUT2D eigenvalue weighted by molar-refractivity contribution is -0.111. The van der Waals surface area contributed by atoms with Crippen LogP contribution >= 0.6 is 11.3 Å². The minimum Gasteiger partial charge on any atom is -0.493 e. The first-order valence-corrected chi connectivity index (χ1v) is 12.8. The second-order valence-electron chi connectivity index (χ2n) is 8.58. The molecule has 0 unspecified atom stereocenters. The molecular weight excluding hydrogens is 482 g/mol. The molecule has 0 atom stereocenters. The van der Waals surface area contributed by atoms with E-state index in [4.69, 9.17) is 4.74 Å². The number of ether oxygens (including phenoxy) is 1. The molecule has 1 amide bonds. The summed E-state index contributed by atoms with van der Waals surface area (Å²) < 4.78 is 7.77. The van der Waals surface area contributed by atoms with Crippen LogP contribution in [0.2, 0.25) is 0 Å². The SMILES string of the molecule is CCOc1ccccc1C=c1sc(=C(C#N)C(=O)Nc2ccc(C(C)C)cc2)n(-c2ccccc2)c1=O. The van der Waals surface area contributed by atoms with Gasteiger partial charge in [-0.15, -0.1) is 11.3 Å². The molecular formula is C30H27N3O3S. The summed E-state index contributed by atoms with van der Waals surface area (Å²) in [5.41, 5.74) is 2.56. The van der Waals surface area contributed by atoms with Crippen LogP contribution < -0.4 is 24.8 Å². The summed E-state index contributed by atoms with van der Waals surface area (Å²) >= 11 is 1.10. The Labute approximate surface area is 219 Å². The lowest BCUT2D eigenvalue weighted by Crippen LogP contribution is -2.32. The lowest BCUT2D eigenvalue weighted by atomic mass is 10.0. The second-order valence-corrected chi connectivity index (χ2v) is 9.61. The van der Waals surface area contributed by atoms with E-state index in [9.17, 15) is 14.9 Å². The van der Waals surface area contributed by atoms with Crippen molar-refractivity contribution in [2.75, 3.05) is 11.9 Å². The van der Waals surface area contributed by atoms with Gasteiger partial charge in [-0.3, -0.25) is 14.2 Å². The zero-order chi connectivity index (χ0) is 26.4. The zero-order valence-electron chi connectivity index (χ0n) is 20.9. The van der Waals surface area contributed by atoms with Gasteiger partial charge >= 0.3 is 0 Å². The van der Waals surface area contributed by atoms with Crippen molar-refractivity contribution in [3.05, 3.63) is 110 Å². The largest absolute Gasteiger partial charge is 0.493 e. The summed E-state index contributed by atoms with van der Waals surface area (Å²) in [7, 11) is 0. The van der Waals surface area contributed by atoms with Crippen LogP contribution in [0.5, 0.6) is 5.75 Å². The third-order valence-electron chi connectivity index (χ3n) is 5.73. The van der Waals surface area contributed by atoms with Crippen LogP contribution in [0.15, 0.2) is 83.7 Å². The summed E-state index contributed by atoms with van der Waals surface area (Å²) in [4.78, 5) is 26.9. The maximum atomic E-state index is 13.6. The van der Waals surface area contributed by atoms with Gasteiger partial charge < -0.3 is 10.1 Å². The number of thiazole rings is 1. The maximum Gasteiger partial charge on any atom is 0.273 e. The van der Waals surface area contributed by atoms with E-state index in [2.05, 4.69) is 19.2 Å². The van der Waals surface area contributed by atoms with E-state index in [0.29, 0.717) is 34.2 Å². The average molecular weight is 510 g/mol. The molecule has 3 aromatic carbocycles. The van der Waals surface area contributed by atoms with Crippen molar-refractivity contribution in [3.63, 3.8) is 0 Å². The van der Waals surface area contributed by atoms with Crippen molar-refractivity contribution >= 4 is 34.6 Å². The number of nitrogens with zero attached hydrogens (tertiary/aromatic N) is 2. The fraction of sp³-hybridized carbons (Fsp3) is 0.167. The van der Waals surface area contributed by atoms with Crippen molar-refractivity contribution < 1.29 is 9.53 Å². The molecule has 37 heavy (non-hydrogen) atoms. The molecule has 7 heteroatoms. The number of para-hydroxylation sites is 2. The smallest absolute Gasteiger partial charge is 0.273 e. The lowest BCUT2D eigenvalue weighted by Gasteiger charge is -2.08. The maximum absolute atomic E-state index is 13.6. The molecule has 1 aromatic heterocycles. The predicted molar refractivity (Wildman–Crippen MR) is 149 cm³/mol. The summed E-state index contributed by atoms with van der Waals surface area (Å²) in [5.74, 6) is 0.435. The standard InChI is InChI=1S/C30H27N3O3S/c1-4-36-26-13-9-8-10-22(26)18-27-29(35)33(24-11-6-5-7-12-24)30(37-27)25(19-31)28(34)32-23-16-14-21(15-17-23)20(2)3/h5-18,20H,4H2,1-3H3,(H,32,34). The number of nitriles is 1. The molecule has 0 bridgehead atoms. The molecule has 0 spiro atoms. The van der Waals surface area contributed by atoms with Crippen LogP contribution in [-0.4, -0.2) is 17.1 Å². The Balaban J connectivity index is 1.89. The average Bonchev–Trinajstić information content (AvgIpc) is 3.21. The molecule has 0 fully saturated rings. The van der Waals surface area contributed by atoms with E-state index in [1.165, 1.54) is 4.57 Å². The van der Waals surface area contributed by atoms with Gasteiger partial charge in [0.25, 0.3) is 11.5 Å². The quantitative estimate of drug-likeness (QED) is 0.396. The summed E-state index contributed by atoms with van der Waals surface area (Å²) in [6.07, 6.45) is 1.73. The Morgan fingerprint density at radius 1 is 1.05 bits per heavy atom. The minimum absolute atomic E-state index is 0.142. The fourth-order valence-corrected chi connectivity index (χ4v) is 4.92. The molecule has 1 N–H and O–H groups in total. The highest BCUT2D eigenvalue weighted by Gasteiger charge is 2.17. The summed E-state index contributed by atoms with van der Waals surface area (Å²) in [5, 5.41) is 12.8. The van der Waals surface area contributed by atoms with Gasteiger partial charge in [0.15, 0.2) is 5.57 Å². The highest BCUT2D eigenvalue weighted by atomic mass is 32.1. The molecule has 0 saturated heterocycles. The third kappa shape index (κ3) is 5.71. The monoisotopic (exact) mass is 509 g/mol. The second kappa shape index (κ2) is 11.5. The van der Waals surface area contributed by atoms with Gasteiger partial charge in [0.05, 0.1) is 16.8 Å². The number of rotatable bonds is 7. The molecule has 6 nitrogen and oxygen atoms in total.